The molecule has 82 valence electrons. The molecule has 0 radical (unpaired) electrons. The van der Waals surface area contributed by atoms with Crippen LogP contribution in [0, 0.1) is 4.77 Å². The first kappa shape index (κ1) is 11.6. The molecule has 0 aliphatic heterocycles. The molecule has 0 aromatic carbocycles. The molecule has 5 nitrogen and oxygen atoms in total. The van der Waals surface area contributed by atoms with E-state index in [0.717, 1.165) is 5.69 Å². The molecule has 0 atom stereocenters. The Morgan fingerprint density at radius 1 is 1.67 bits per heavy atom. The number of nitrogens with zero attached hydrogens (tertiary/aromatic N) is 1. The molecule has 4 N–H and O–H groups in total. The van der Waals surface area contributed by atoms with Crippen LogP contribution in [0.4, 0.5) is 5.82 Å². The number of nitrogen functional groups attached to an aromatic ring is 1. The zero-order valence-corrected chi connectivity index (χ0v) is 9.39. The summed E-state index contributed by atoms with van der Waals surface area (Å²) in [6.07, 6.45) is -0.140. The van der Waals surface area contributed by atoms with Gasteiger partial charge < -0.3 is 15.8 Å². The maximum absolute atomic E-state index is 10.7. The zero-order chi connectivity index (χ0) is 11.6. The van der Waals surface area contributed by atoms with Crippen LogP contribution < -0.4 is 5.73 Å². The van der Waals surface area contributed by atoms with Crippen LogP contribution in [0.15, 0.2) is 0 Å². The molecule has 6 heteroatoms. The van der Waals surface area contributed by atoms with Gasteiger partial charge in [0.2, 0.25) is 0 Å². The molecule has 0 saturated carbocycles. The number of rotatable bonds is 3. The number of aliphatic carboxylic acids is 1. The van der Waals surface area contributed by atoms with Crippen molar-refractivity contribution in [1.82, 2.24) is 9.97 Å². The lowest BCUT2D eigenvalue weighted by Gasteiger charge is -2.12. The molecule has 1 heterocycles. The van der Waals surface area contributed by atoms with Gasteiger partial charge >= 0.3 is 5.97 Å². The quantitative estimate of drug-likeness (QED) is 0.680. The Morgan fingerprint density at radius 3 is 2.73 bits per heavy atom. The number of nitrogens with one attached hydrogen (secondary N) is 1. The lowest BCUT2D eigenvalue weighted by atomic mass is 10.0. The van der Waals surface area contributed by atoms with E-state index < -0.39 is 5.97 Å². The first-order valence-corrected chi connectivity index (χ1v) is 4.93. The molecular formula is C9H13N3O2S. The molecule has 15 heavy (non-hydrogen) atoms. The van der Waals surface area contributed by atoms with Gasteiger partial charge in [-0.3, -0.25) is 4.79 Å². The van der Waals surface area contributed by atoms with E-state index in [9.17, 15) is 4.79 Å². The van der Waals surface area contributed by atoms with Crippen molar-refractivity contribution in [3.63, 3.8) is 0 Å². The minimum atomic E-state index is -0.934. The van der Waals surface area contributed by atoms with Crippen molar-refractivity contribution in [2.45, 2.75) is 26.2 Å². The number of H-pyrrole nitrogens is 1. The van der Waals surface area contributed by atoms with Gasteiger partial charge in [0, 0.05) is 11.3 Å². The highest BCUT2D eigenvalue weighted by molar-refractivity contribution is 7.71. The third-order valence-electron chi connectivity index (χ3n) is 2.00. The number of hydrogen-bond donors (Lipinski definition) is 3. The van der Waals surface area contributed by atoms with Gasteiger partial charge in [0.1, 0.15) is 5.82 Å². The largest absolute Gasteiger partial charge is 0.481 e. The molecule has 0 amide bonds. The minimum absolute atomic E-state index is 0.131. The van der Waals surface area contributed by atoms with Crippen LogP contribution in [0.3, 0.4) is 0 Å². The SMILES string of the molecule is CC(C)c1[nH]c(=S)nc(N)c1CC(=O)O. The molecule has 0 saturated heterocycles. The Bertz CT molecular complexity index is 439. The summed E-state index contributed by atoms with van der Waals surface area (Å²) in [4.78, 5) is 17.4. The third-order valence-corrected chi connectivity index (χ3v) is 2.20. The maximum Gasteiger partial charge on any atom is 0.308 e. The number of carboxylic acids is 1. The van der Waals surface area contributed by atoms with Gasteiger partial charge in [0.25, 0.3) is 0 Å². The summed E-state index contributed by atoms with van der Waals surface area (Å²) in [5.74, 6) is -0.605. The maximum atomic E-state index is 10.7. The van der Waals surface area contributed by atoms with Crippen molar-refractivity contribution in [3.05, 3.63) is 16.0 Å². The van der Waals surface area contributed by atoms with Crippen LogP contribution in [-0.2, 0) is 11.2 Å². The van der Waals surface area contributed by atoms with Crippen LogP contribution in [0.25, 0.3) is 0 Å². The summed E-state index contributed by atoms with van der Waals surface area (Å²) in [6, 6.07) is 0. The first-order valence-electron chi connectivity index (χ1n) is 4.52. The Morgan fingerprint density at radius 2 is 2.27 bits per heavy atom. The Labute approximate surface area is 92.3 Å². The summed E-state index contributed by atoms with van der Waals surface area (Å²) >= 11 is 4.89. The highest BCUT2D eigenvalue weighted by Gasteiger charge is 2.14. The van der Waals surface area contributed by atoms with E-state index in [1.54, 1.807) is 0 Å². The highest BCUT2D eigenvalue weighted by Crippen LogP contribution is 2.21. The number of anilines is 1. The van der Waals surface area contributed by atoms with Crippen molar-refractivity contribution in [3.8, 4) is 0 Å². The van der Waals surface area contributed by atoms with E-state index in [4.69, 9.17) is 23.1 Å². The van der Waals surface area contributed by atoms with Gasteiger partial charge in [-0.15, -0.1) is 0 Å². The lowest BCUT2D eigenvalue weighted by Crippen LogP contribution is -2.12. The highest BCUT2D eigenvalue weighted by atomic mass is 32.1. The topological polar surface area (TPSA) is 92.0 Å². The van der Waals surface area contributed by atoms with Gasteiger partial charge in [-0.25, -0.2) is 4.98 Å². The normalized spacial score (nSPS) is 10.6. The number of hydrogen-bond acceptors (Lipinski definition) is 4. The van der Waals surface area contributed by atoms with Crippen molar-refractivity contribution < 1.29 is 9.90 Å². The second-order valence-electron chi connectivity index (χ2n) is 3.54. The van der Waals surface area contributed by atoms with E-state index in [-0.39, 0.29) is 22.9 Å². The van der Waals surface area contributed by atoms with Crippen LogP contribution in [0.5, 0.6) is 0 Å². The summed E-state index contributed by atoms with van der Waals surface area (Å²) in [5.41, 5.74) is 6.91. The van der Waals surface area contributed by atoms with E-state index in [2.05, 4.69) is 9.97 Å². The smallest absolute Gasteiger partial charge is 0.308 e. The van der Waals surface area contributed by atoms with Crippen molar-refractivity contribution >= 4 is 24.0 Å². The molecule has 0 aliphatic carbocycles. The molecule has 0 spiro atoms. The second kappa shape index (κ2) is 4.39. The van der Waals surface area contributed by atoms with Crippen LogP contribution in [-0.4, -0.2) is 21.0 Å². The molecule has 0 bridgehead atoms. The lowest BCUT2D eigenvalue weighted by molar-refractivity contribution is -0.136. The van der Waals surface area contributed by atoms with Gasteiger partial charge in [-0.2, -0.15) is 0 Å². The van der Waals surface area contributed by atoms with E-state index in [1.807, 2.05) is 13.8 Å². The Kier molecular flexibility index (Phi) is 3.41. The second-order valence-corrected chi connectivity index (χ2v) is 3.93. The predicted molar refractivity (Wildman–Crippen MR) is 59.3 cm³/mol. The summed E-state index contributed by atoms with van der Waals surface area (Å²) < 4.78 is 0.283. The average Bonchev–Trinajstić information content (AvgIpc) is 2.08. The number of aromatic amines is 1. The number of carbonyl (C=O) groups is 1. The van der Waals surface area contributed by atoms with Crippen molar-refractivity contribution in [2.24, 2.45) is 0 Å². The molecule has 1 aromatic heterocycles. The van der Waals surface area contributed by atoms with Crippen LogP contribution in [0.2, 0.25) is 0 Å². The zero-order valence-electron chi connectivity index (χ0n) is 8.57. The molecule has 1 rings (SSSR count). The fraction of sp³-hybridized carbons (Fsp3) is 0.444. The van der Waals surface area contributed by atoms with Crippen LogP contribution in [0.1, 0.15) is 31.0 Å². The van der Waals surface area contributed by atoms with Gasteiger partial charge in [-0.1, -0.05) is 13.8 Å². The molecule has 1 aromatic rings. The standard InChI is InChI=1S/C9H13N3O2S/c1-4(2)7-5(3-6(13)14)8(10)12-9(15)11-7/h4H,3H2,1-2H3,(H,13,14)(H3,10,11,12,15). The minimum Gasteiger partial charge on any atom is -0.481 e. The first-order chi connectivity index (χ1) is 6.91. The van der Waals surface area contributed by atoms with E-state index >= 15 is 0 Å². The van der Waals surface area contributed by atoms with Crippen molar-refractivity contribution in [1.29, 1.82) is 0 Å². The predicted octanol–water partition coefficient (Wildman–Crippen LogP) is 1.47. The van der Waals surface area contributed by atoms with Gasteiger partial charge in [0.15, 0.2) is 4.77 Å². The average molecular weight is 227 g/mol. The van der Waals surface area contributed by atoms with E-state index in [1.165, 1.54) is 0 Å². The summed E-state index contributed by atoms with van der Waals surface area (Å²) in [7, 11) is 0. The monoisotopic (exact) mass is 227 g/mol. The Balaban J connectivity index is 3.33. The van der Waals surface area contributed by atoms with Gasteiger partial charge in [0.05, 0.1) is 6.42 Å². The molecule has 0 fully saturated rings. The van der Waals surface area contributed by atoms with E-state index in [0.29, 0.717) is 5.56 Å². The van der Waals surface area contributed by atoms with Crippen molar-refractivity contribution in [2.75, 3.05) is 5.73 Å². The summed E-state index contributed by atoms with van der Waals surface area (Å²) in [5, 5.41) is 8.74. The number of nitrogens with two attached hydrogens (primary N) is 1. The van der Waals surface area contributed by atoms with Crippen LogP contribution >= 0.6 is 12.2 Å². The number of carboxylic acid groups (broad SMARTS) is 1. The molecule has 0 aliphatic rings. The third kappa shape index (κ3) is 2.76. The Hall–Kier alpha value is -1.43. The van der Waals surface area contributed by atoms with Gasteiger partial charge in [-0.05, 0) is 18.1 Å². The fourth-order valence-corrected chi connectivity index (χ4v) is 1.57. The summed E-state index contributed by atoms with van der Waals surface area (Å²) in [6.45, 7) is 3.87. The molecular weight excluding hydrogens is 214 g/mol. The number of aromatic nitrogens is 2. The molecule has 0 unspecified atom stereocenters. The fourth-order valence-electron chi connectivity index (χ4n) is 1.36.